The highest BCUT2D eigenvalue weighted by molar-refractivity contribution is 5.99. The molecular weight excluding hydrogens is 322 g/mol. The van der Waals surface area contributed by atoms with Gasteiger partial charge in [-0.3, -0.25) is 19.7 Å². The highest BCUT2D eigenvalue weighted by Gasteiger charge is 2.14. The summed E-state index contributed by atoms with van der Waals surface area (Å²) in [5.41, 5.74) is 2.11. The maximum Gasteiger partial charge on any atom is 0.274 e. The number of anilines is 1. The van der Waals surface area contributed by atoms with E-state index >= 15 is 0 Å². The van der Waals surface area contributed by atoms with E-state index in [9.17, 15) is 19.7 Å². The summed E-state index contributed by atoms with van der Waals surface area (Å²) < 4.78 is 1.68. The quantitative estimate of drug-likeness (QED) is 0.439. The van der Waals surface area contributed by atoms with Crippen molar-refractivity contribution in [2.75, 3.05) is 5.32 Å². The van der Waals surface area contributed by atoms with Gasteiger partial charge in [-0.25, -0.2) is 0 Å². The number of fused-ring (bicyclic) bond motifs is 1. The molecule has 0 unspecified atom stereocenters. The number of nitrogens with zero attached hydrogens (tertiary/aromatic N) is 2. The van der Waals surface area contributed by atoms with Crippen molar-refractivity contribution in [3.8, 4) is 0 Å². The lowest BCUT2D eigenvalue weighted by Crippen LogP contribution is -2.18. The van der Waals surface area contributed by atoms with Gasteiger partial charge in [-0.1, -0.05) is 24.3 Å². The molecule has 0 saturated carbocycles. The van der Waals surface area contributed by atoms with Crippen LogP contribution in [0.25, 0.3) is 10.9 Å². The number of carbonyl (C=O) groups is 2. The molecule has 3 aromatic rings. The van der Waals surface area contributed by atoms with Crippen molar-refractivity contribution in [2.24, 2.45) is 0 Å². The Hall–Kier alpha value is -3.48. The summed E-state index contributed by atoms with van der Waals surface area (Å²) in [6.07, 6.45) is 2.37. The van der Waals surface area contributed by atoms with Gasteiger partial charge < -0.3 is 9.88 Å². The third-order valence-electron chi connectivity index (χ3n) is 3.95. The molecule has 7 nitrogen and oxygen atoms in total. The molecule has 1 aromatic heterocycles. The van der Waals surface area contributed by atoms with Gasteiger partial charge in [-0.05, 0) is 19.1 Å². The maximum atomic E-state index is 12.3. The average molecular weight is 337 g/mol. The molecule has 0 bridgehead atoms. The SMILES string of the molecule is Cc1ccc(NC(=O)Cn2cc(C=O)c3ccccc32)cc1[N+](=O)[O-]. The first-order valence-corrected chi connectivity index (χ1v) is 7.57. The van der Waals surface area contributed by atoms with Crippen LogP contribution in [0.2, 0.25) is 0 Å². The molecule has 0 atom stereocenters. The standard InChI is InChI=1S/C18H15N3O4/c1-12-6-7-14(8-17(12)21(24)25)19-18(23)10-20-9-13(11-22)15-4-2-3-5-16(15)20/h2-9,11H,10H2,1H3,(H,19,23). The number of rotatable bonds is 5. The zero-order chi connectivity index (χ0) is 18.0. The molecule has 1 N–H and O–H groups in total. The molecule has 0 saturated heterocycles. The number of para-hydroxylation sites is 1. The Morgan fingerprint density at radius 2 is 2.04 bits per heavy atom. The van der Waals surface area contributed by atoms with Gasteiger partial charge in [0.1, 0.15) is 6.54 Å². The van der Waals surface area contributed by atoms with Crippen LogP contribution >= 0.6 is 0 Å². The first kappa shape index (κ1) is 16.4. The number of aryl methyl sites for hydroxylation is 1. The number of amides is 1. The Balaban J connectivity index is 1.83. The molecule has 0 radical (unpaired) electrons. The lowest BCUT2D eigenvalue weighted by atomic mass is 10.2. The number of aldehydes is 1. The van der Waals surface area contributed by atoms with Gasteiger partial charge in [0.05, 0.1) is 4.92 Å². The van der Waals surface area contributed by atoms with Crippen molar-refractivity contribution in [2.45, 2.75) is 13.5 Å². The maximum absolute atomic E-state index is 12.3. The van der Waals surface area contributed by atoms with E-state index in [0.29, 0.717) is 16.8 Å². The second-order valence-corrected chi connectivity index (χ2v) is 5.65. The monoisotopic (exact) mass is 337 g/mol. The Morgan fingerprint density at radius 3 is 2.76 bits per heavy atom. The third kappa shape index (κ3) is 3.25. The van der Waals surface area contributed by atoms with Crippen LogP contribution in [0.3, 0.4) is 0 Å². The summed E-state index contributed by atoms with van der Waals surface area (Å²) in [6, 6.07) is 11.8. The largest absolute Gasteiger partial charge is 0.337 e. The van der Waals surface area contributed by atoms with Gasteiger partial charge in [0.2, 0.25) is 5.91 Å². The fourth-order valence-corrected chi connectivity index (χ4v) is 2.74. The number of nitro groups is 1. The van der Waals surface area contributed by atoms with Gasteiger partial charge in [0.25, 0.3) is 5.69 Å². The van der Waals surface area contributed by atoms with Crippen LogP contribution < -0.4 is 5.32 Å². The molecule has 3 rings (SSSR count). The average Bonchev–Trinajstić information content (AvgIpc) is 2.94. The van der Waals surface area contributed by atoms with Crippen LogP contribution in [-0.2, 0) is 11.3 Å². The predicted molar refractivity (Wildman–Crippen MR) is 93.8 cm³/mol. The summed E-state index contributed by atoms with van der Waals surface area (Å²) in [5.74, 6) is -0.337. The zero-order valence-electron chi connectivity index (χ0n) is 13.4. The van der Waals surface area contributed by atoms with Crippen molar-refractivity contribution in [3.05, 3.63) is 69.9 Å². The topological polar surface area (TPSA) is 94.2 Å². The minimum atomic E-state index is -0.485. The fourth-order valence-electron chi connectivity index (χ4n) is 2.74. The molecule has 0 fully saturated rings. The molecule has 0 aliphatic rings. The van der Waals surface area contributed by atoms with E-state index in [-0.39, 0.29) is 18.1 Å². The molecule has 1 amide bonds. The summed E-state index contributed by atoms with van der Waals surface area (Å²) in [5, 5.41) is 14.4. The summed E-state index contributed by atoms with van der Waals surface area (Å²) in [7, 11) is 0. The number of hydrogen-bond acceptors (Lipinski definition) is 4. The molecule has 0 spiro atoms. The van der Waals surface area contributed by atoms with Crippen molar-refractivity contribution in [1.29, 1.82) is 0 Å². The van der Waals surface area contributed by atoms with Crippen molar-refractivity contribution in [3.63, 3.8) is 0 Å². The van der Waals surface area contributed by atoms with Gasteiger partial charge in [0.15, 0.2) is 6.29 Å². The number of carbonyl (C=O) groups excluding carboxylic acids is 2. The first-order chi connectivity index (χ1) is 12.0. The Kier molecular flexibility index (Phi) is 4.30. The molecule has 1 heterocycles. The number of nitrogens with one attached hydrogen (secondary N) is 1. The van der Waals surface area contributed by atoms with Gasteiger partial charge in [-0.15, -0.1) is 0 Å². The van der Waals surface area contributed by atoms with Gasteiger partial charge >= 0.3 is 0 Å². The molecule has 25 heavy (non-hydrogen) atoms. The van der Waals surface area contributed by atoms with Crippen LogP contribution in [0.5, 0.6) is 0 Å². The van der Waals surface area contributed by atoms with Crippen LogP contribution in [0.1, 0.15) is 15.9 Å². The van der Waals surface area contributed by atoms with E-state index in [1.807, 2.05) is 24.3 Å². The normalized spacial score (nSPS) is 10.6. The molecule has 2 aromatic carbocycles. The minimum absolute atomic E-state index is 0.00394. The van der Waals surface area contributed by atoms with Gasteiger partial charge in [0, 0.05) is 40.0 Å². The van der Waals surface area contributed by atoms with E-state index in [1.165, 1.54) is 6.07 Å². The second-order valence-electron chi connectivity index (χ2n) is 5.65. The fraction of sp³-hybridized carbons (Fsp3) is 0.111. The van der Waals surface area contributed by atoms with Crippen molar-refractivity contribution in [1.82, 2.24) is 4.57 Å². The predicted octanol–water partition coefficient (Wildman–Crippen LogP) is 3.31. The Labute approximate surface area is 143 Å². The lowest BCUT2D eigenvalue weighted by Gasteiger charge is -2.08. The summed E-state index contributed by atoms with van der Waals surface area (Å²) >= 11 is 0. The van der Waals surface area contributed by atoms with Crippen LogP contribution in [0.15, 0.2) is 48.7 Å². The minimum Gasteiger partial charge on any atom is -0.337 e. The molecule has 0 aliphatic heterocycles. The Morgan fingerprint density at radius 1 is 1.28 bits per heavy atom. The van der Waals surface area contributed by atoms with Crippen LogP contribution in [0, 0.1) is 17.0 Å². The van der Waals surface area contributed by atoms with E-state index in [2.05, 4.69) is 5.32 Å². The van der Waals surface area contributed by atoms with E-state index < -0.39 is 4.92 Å². The van der Waals surface area contributed by atoms with Crippen LogP contribution in [-0.4, -0.2) is 21.7 Å². The first-order valence-electron chi connectivity index (χ1n) is 7.57. The highest BCUT2D eigenvalue weighted by atomic mass is 16.6. The van der Waals surface area contributed by atoms with E-state index in [0.717, 1.165) is 17.2 Å². The van der Waals surface area contributed by atoms with Crippen LogP contribution in [0.4, 0.5) is 11.4 Å². The molecule has 0 aliphatic carbocycles. The zero-order valence-corrected chi connectivity index (χ0v) is 13.4. The number of hydrogen-bond donors (Lipinski definition) is 1. The summed E-state index contributed by atoms with van der Waals surface area (Å²) in [4.78, 5) is 34.0. The van der Waals surface area contributed by atoms with Crippen molar-refractivity contribution < 1.29 is 14.5 Å². The molecular formula is C18H15N3O4. The number of nitro benzene ring substituents is 1. The highest BCUT2D eigenvalue weighted by Crippen LogP contribution is 2.23. The number of aromatic nitrogens is 1. The Bertz CT molecular complexity index is 991. The molecule has 7 heteroatoms. The third-order valence-corrected chi connectivity index (χ3v) is 3.95. The second kappa shape index (κ2) is 6.56. The summed E-state index contributed by atoms with van der Waals surface area (Å²) in [6.45, 7) is 1.63. The lowest BCUT2D eigenvalue weighted by molar-refractivity contribution is -0.385. The van der Waals surface area contributed by atoms with Crippen molar-refractivity contribution >= 4 is 34.5 Å². The van der Waals surface area contributed by atoms with Gasteiger partial charge in [-0.2, -0.15) is 0 Å². The smallest absolute Gasteiger partial charge is 0.274 e. The number of benzene rings is 2. The van der Waals surface area contributed by atoms with E-state index in [1.54, 1.807) is 29.8 Å². The van der Waals surface area contributed by atoms with E-state index in [4.69, 9.17) is 0 Å². The molecule has 126 valence electrons.